The Labute approximate surface area is 35.2 Å². The Morgan fingerprint density at radius 3 is 1.67 bits per heavy atom. The SMILES string of the molecule is CS(=O)(=O)[NH+]=O. The molecule has 1 N–H and O–H groups in total. The summed E-state index contributed by atoms with van der Waals surface area (Å²) in [5, 5.41) is 0. The second-order valence-electron chi connectivity index (χ2n) is 0.855. The van der Waals surface area contributed by atoms with Crippen LogP contribution in [0.3, 0.4) is 0 Å². The Hall–Kier alpha value is -0.450. The lowest BCUT2D eigenvalue weighted by Gasteiger charge is -1.60. The molecule has 0 fully saturated rings. The van der Waals surface area contributed by atoms with Gasteiger partial charge in [-0.2, -0.15) is 8.42 Å². The van der Waals surface area contributed by atoms with Gasteiger partial charge in [0.05, 0.1) is 0 Å². The largest absolute Gasteiger partial charge is 0.401 e. The van der Waals surface area contributed by atoms with E-state index in [1.54, 1.807) is 0 Å². The maximum atomic E-state index is 9.58. The normalized spacial score (nSPS) is 10.8. The molecule has 36 valence electrons. The van der Waals surface area contributed by atoms with Gasteiger partial charge in [0.15, 0.2) is 0 Å². The van der Waals surface area contributed by atoms with E-state index in [0.717, 1.165) is 10.8 Å². The van der Waals surface area contributed by atoms with E-state index in [1.165, 1.54) is 0 Å². The van der Waals surface area contributed by atoms with Crippen molar-refractivity contribution < 1.29 is 13.0 Å². The summed E-state index contributed by atoms with van der Waals surface area (Å²) in [6, 6.07) is 0. The second kappa shape index (κ2) is 1.34. The van der Waals surface area contributed by atoms with Crippen LogP contribution in [0.4, 0.5) is 0 Å². The first-order valence-corrected chi connectivity index (χ1v) is 3.04. The second-order valence-corrected chi connectivity index (χ2v) is 2.57. The summed E-state index contributed by atoms with van der Waals surface area (Å²) >= 11 is 0. The number of hydrogen-bond acceptors (Lipinski definition) is 3. The van der Waals surface area contributed by atoms with Crippen LogP contribution in [0, 0.1) is 4.91 Å². The van der Waals surface area contributed by atoms with E-state index >= 15 is 0 Å². The molecule has 4 nitrogen and oxygen atoms in total. The molecule has 0 aliphatic heterocycles. The summed E-state index contributed by atoms with van der Waals surface area (Å²) in [6.07, 6.45) is 0.792. The lowest BCUT2D eigenvalue weighted by Crippen LogP contribution is -2.68. The summed E-state index contributed by atoms with van der Waals surface area (Å²) in [7, 11) is -3.47. The molecular formula is CH4NO3S+. The van der Waals surface area contributed by atoms with Gasteiger partial charge in [0.1, 0.15) is 10.8 Å². The van der Waals surface area contributed by atoms with E-state index in [2.05, 4.69) is 0 Å². The summed E-state index contributed by atoms with van der Waals surface area (Å²) in [4.78, 5) is 9.11. The Morgan fingerprint density at radius 2 is 1.67 bits per heavy atom. The van der Waals surface area contributed by atoms with Gasteiger partial charge in [-0.25, -0.2) is 0 Å². The van der Waals surface area contributed by atoms with Crippen molar-refractivity contribution in [2.45, 2.75) is 0 Å². The minimum Gasteiger partial charge on any atom is -0.160 e. The molecule has 0 aliphatic rings. The molecule has 0 saturated heterocycles. The molecule has 0 rings (SSSR count). The molecule has 0 unspecified atom stereocenters. The molecular weight excluding hydrogens is 106 g/mol. The van der Waals surface area contributed by atoms with Gasteiger partial charge in [-0.05, 0) is 0 Å². The number of nitroso groups, excluding NO2 is 1. The van der Waals surface area contributed by atoms with E-state index in [4.69, 9.17) is 4.91 Å². The van der Waals surface area contributed by atoms with Gasteiger partial charge in [0, 0.05) is 4.91 Å². The highest BCUT2D eigenvalue weighted by atomic mass is 32.2. The third-order valence-electron chi connectivity index (χ3n) is 0.151. The van der Waals surface area contributed by atoms with Crippen molar-refractivity contribution in [3.63, 3.8) is 0 Å². The van der Waals surface area contributed by atoms with Crippen LogP contribution in [0.25, 0.3) is 0 Å². The quantitative estimate of drug-likeness (QED) is 0.416. The molecule has 0 aromatic heterocycles. The van der Waals surface area contributed by atoms with Gasteiger partial charge in [-0.15, -0.1) is 0 Å². The summed E-state index contributed by atoms with van der Waals surface area (Å²) in [5.74, 6) is 0. The highest BCUT2D eigenvalue weighted by molar-refractivity contribution is 7.83. The average Bonchev–Trinajstić information content (AvgIpc) is 1.35. The predicted molar refractivity (Wildman–Crippen MR) is 19.2 cm³/mol. The number of hydrogen-bond donors (Lipinski definition) is 1. The molecule has 5 heteroatoms. The number of sulfonamides is 1. The van der Waals surface area contributed by atoms with Crippen molar-refractivity contribution in [2.75, 3.05) is 6.26 Å². The monoisotopic (exact) mass is 110 g/mol. The van der Waals surface area contributed by atoms with Crippen molar-refractivity contribution >= 4 is 10.0 Å². The minimum absolute atomic E-state index is 0.792. The van der Waals surface area contributed by atoms with Crippen molar-refractivity contribution in [1.82, 2.24) is 0 Å². The van der Waals surface area contributed by atoms with Crippen LogP contribution in [0.2, 0.25) is 0 Å². The van der Waals surface area contributed by atoms with Crippen LogP contribution in [0.1, 0.15) is 0 Å². The standard InChI is InChI=1S/CH3NO3S/c1-6(4,5)2-3/h1H3/p+1. The van der Waals surface area contributed by atoms with E-state index in [9.17, 15) is 8.42 Å². The Bertz CT molecular complexity index is 121. The first-order valence-electron chi connectivity index (χ1n) is 1.15. The van der Waals surface area contributed by atoms with Gasteiger partial charge in [-0.3, -0.25) is 0 Å². The summed E-state index contributed by atoms with van der Waals surface area (Å²) < 4.78 is 20.0. The third-order valence-corrected chi connectivity index (χ3v) is 0.454. The topological polar surface area (TPSA) is 65.2 Å². The number of nitrogens with one attached hydrogen (secondary N) is 1. The van der Waals surface area contributed by atoms with Gasteiger partial charge in [-0.1, -0.05) is 0 Å². The van der Waals surface area contributed by atoms with E-state index in [0.29, 0.717) is 0 Å². The molecule has 0 atom stereocenters. The van der Waals surface area contributed by atoms with Crippen molar-refractivity contribution in [2.24, 2.45) is 0 Å². The lowest BCUT2D eigenvalue weighted by molar-refractivity contribution is -0.292. The molecule has 0 spiro atoms. The van der Waals surface area contributed by atoms with E-state index in [-0.39, 0.29) is 0 Å². The molecule has 0 aromatic carbocycles. The van der Waals surface area contributed by atoms with Crippen molar-refractivity contribution in [1.29, 1.82) is 0 Å². The average molecular weight is 110 g/mol. The lowest BCUT2D eigenvalue weighted by atomic mass is 12.0. The van der Waals surface area contributed by atoms with Gasteiger partial charge < -0.3 is 0 Å². The Morgan fingerprint density at radius 1 is 1.50 bits per heavy atom. The summed E-state index contributed by atoms with van der Waals surface area (Å²) in [6.45, 7) is 0. The van der Waals surface area contributed by atoms with Crippen LogP contribution in [0.5, 0.6) is 0 Å². The first kappa shape index (κ1) is 5.55. The number of rotatable bonds is 1. The third kappa shape index (κ3) is 3.55. The van der Waals surface area contributed by atoms with Gasteiger partial charge >= 0.3 is 10.0 Å². The van der Waals surface area contributed by atoms with Gasteiger partial charge in [0.2, 0.25) is 0 Å². The fourth-order valence-electron chi connectivity index (χ4n) is 0. The molecule has 0 aliphatic carbocycles. The smallest absolute Gasteiger partial charge is 0.160 e. The van der Waals surface area contributed by atoms with Crippen LogP contribution < -0.4 is 4.58 Å². The van der Waals surface area contributed by atoms with Gasteiger partial charge in [0.25, 0.3) is 0 Å². The maximum absolute atomic E-state index is 9.58. The van der Waals surface area contributed by atoms with E-state index < -0.39 is 10.0 Å². The molecule has 0 heterocycles. The van der Waals surface area contributed by atoms with Crippen LogP contribution >= 0.6 is 0 Å². The zero-order valence-corrected chi connectivity index (χ0v) is 3.95. The summed E-state index contributed by atoms with van der Waals surface area (Å²) in [5.41, 5.74) is 0. The molecule has 6 heavy (non-hydrogen) atoms. The zero-order chi connectivity index (χ0) is 5.21. The zero-order valence-electron chi connectivity index (χ0n) is 3.13. The Balaban J connectivity index is 4.25. The van der Waals surface area contributed by atoms with E-state index in [1.807, 2.05) is 0 Å². The van der Waals surface area contributed by atoms with Crippen LogP contribution in [0.15, 0.2) is 0 Å². The van der Waals surface area contributed by atoms with Crippen LogP contribution in [-0.4, -0.2) is 14.7 Å². The van der Waals surface area contributed by atoms with Crippen LogP contribution in [-0.2, 0) is 10.0 Å². The molecule has 0 aromatic rings. The van der Waals surface area contributed by atoms with Crippen molar-refractivity contribution in [3.8, 4) is 0 Å². The predicted octanol–water partition coefficient (Wildman–Crippen LogP) is -2.21. The molecule has 0 saturated carbocycles. The molecule has 0 bridgehead atoms. The van der Waals surface area contributed by atoms with Crippen molar-refractivity contribution in [3.05, 3.63) is 4.91 Å². The Kier molecular flexibility index (Phi) is 1.24. The highest BCUT2D eigenvalue weighted by Crippen LogP contribution is 1.47. The molecule has 0 amide bonds. The minimum atomic E-state index is -3.47. The fourth-order valence-corrected chi connectivity index (χ4v) is 0. The molecule has 0 radical (unpaired) electrons. The fraction of sp³-hybridized carbons (Fsp3) is 1.00. The first-order chi connectivity index (χ1) is 2.56. The highest BCUT2D eigenvalue weighted by Gasteiger charge is 2.00. The maximum Gasteiger partial charge on any atom is 0.401 e.